The summed E-state index contributed by atoms with van der Waals surface area (Å²) in [5.41, 5.74) is 0. The highest BCUT2D eigenvalue weighted by atomic mass is 31.2. The second-order valence-corrected chi connectivity index (χ2v) is 5.60. The molecule has 0 aromatic carbocycles. The zero-order chi connectivity index (χ0) is 12.4. The molecule has 0 N–H and O–H groups in total. The van der Waals surface area contributed by atoms with Crippen molar-refractivity contribution in [3.63, 3.8) is 0 Å². The second kappa shape index (κ2) is 9.17. The molecule has 0 fully saturated rings. The SMILES string of the molecule is CCCC(CP(=O)(OCC)OCC)OCC. The lowest BCUT2D eigenvalue weighted by atomic mass is 10.2. The summed E-state index contributed by atoms with van der Waals surface area (Å²) in [5, 5.41) is 0. The van der Waals surface area contributed by atoms with Gasteiger partial charge in [-0.2, -0.15) is 0 Å². The van der Waals surface area contributed by atoms with E-state index in [1.54, 1.807) is 0 Å². The molecule has 0 heterocycles. The molecule has 1 atom stereocenters. The van der Waals surface area contributed by atoms with Gasteiger partial charge in [-0.3, -0.25) is 4.57 Å². The van der Waals surface area contributed by atoms with E-state index in [4.69, 9.17) is 13.8 Å². The van der Waals surface area contributed by atoms with E-state index in [1.807, 2.05) is 20.8 Å². The Labute approximate surface area is 99.2 Å². The van der Waals surface area contributed by atoms with Crippen LogP contribution in [0.2, 0.25) is 0 Å². The Balaban J connectivity index is 4.36. The van der Waals surface area contributed by atoms with Gasteiger partial charge in [-0.15, -0.1) is 0 Å². The Morgan fingerprint density at radius 3 is 1.94 bits per heavy atom. The molecule has 0 saturated heterocycles. The molecule has 98 valence electrons. The number of hydrogen-bond donors (Lipinski definition) is 0. The van der Waals surface area contributed by atoms with Gasteiger partial charge < -0.3 is 13.8 Å². The summed E-state index contributed by atoms with van der Waals surface area (Å²) in [5.74, 6) is 0. The van der Waals surface area contributed by atoms with E-state index in [9.17, 15) is 4.57 Å². The summed E-state index contributed by atoms with van der Waals surface area (Å²) in [6.07, 6.45) is 2.22. The van der Waals surface area contributed by atoms with Crippen LogP contribution in [0.3, 0.4) is 0 Å². The fourth-order valence-electron chi connectivity index (χ4n) is 1.57. The van der Waals surface area contributed by atoms with Crippen LogP contribution in [-0.4, -0.2) is 32.1 Å². The van der Waals surface area contributed by atoms with Crippen molar-refractivity contribution in [2.45, 2.75) is 46.6 Å². The summed E-state index contributed by atoms with van der Waals surface area (Å²) in [6, 6.07) is 0. The molecule has 0 radical (unpaired) electrons. The van der Waals surface area contributed by atoms with Gasteiger partial charge in [0.05, 0.1) is 25.5 Å². The average molecular weight is 252 g/mol. The van der Waals surface area contributed by atoms with E-state index in [0.717, 1.165) is 12.8 Å². The summed E-state index contributed by atoms with van der Waals surface area (Å²) in [7, 11) is -2.96. The first-order valence-corrected chi connectivity index (χ1v) is 7.84. The molecule has 0 aromatic heterocycles. The van der Waals surface area contributed by atoms with Crippen molar-refractivity contribution >= 4 is 7.60 Å². The molecule has 0 aliphatic rings. The van der Waals surface area contributed by atoms with Gasteiger partial charge in [0.15, 0.2) is 0 Å². The second-order valence-electron chi connectivity index (χ2n) is 3.50. The van der Waals surface area contributed by atoms with E-state index in [-0.39, 0.29) is 6.10 Å². The zero-order valence-corrected chi connectivity index (χ0v) is 11.8. The van der Waals surface area contributed by atoms with Gasteiger partial charge in [0.1, 0.15) is 0 Å². The van der Waals surface area contributed by atoms with Crippen LogP contribution in [0.25, 0.3) is 0 Å². The van der Waals surface area contributed by atoms with Crippen molar-refractivity contribution < 1.29 is 18.3 Å². The van der Waals surface area contributed by atoms with E-state index < -0.39 is 7.60 Å². The third-order valence-electron chi connectivity index (χ3n) is 2.09. The van der Waals surface area contributed by atoms with Crippen molar-refractivity contribution in [1.29, 1.82) is 0 Å². The highest BCUT2D eigenvalue weighted by molar-refractivity contribution is 7.53. The molecular weight excluding hydrogens is 227 g/mol. The van der Waals surface area contributed by atoms with Crippen molar-refractivity contribution in [3.8, 4) is 0 Å². The quantitative estimate of drug-likeness (QED) is 0.558. The highest BCUT2D eigenvalue weighted by Crippen LogP contribution is 2.49. The third kappa shape index (κ3) is 6.64. The van der Waals surface area contributed by atoms with Gasteiger partial charge in [-0.25, -0.2) is 0 Å². The van der Waals surface area contributed by atoms with Gasteiger partial charge >= 0.3 is 7.60 Å². The molecule has 0 saturated carbocycles. The predicted molar refractivity (Wildman–Crippen MR) is 66.0 cm³/mol. The van der Waals surface area contributed by atoms with Crippen molar-refractivity contribution in [2.24, 2.45) is 0 Å². The van der Waals surface area contributed by atoms with E-state index in [0.29, 0.717) is 26.0 Å². The van der Waals surface area contributed by atoms with Crippen LogP contribution in [0.15, 0.2) is 0 Å². The Morgan fingerprint density at radius 1 is 1.00 bits per heavy atom. The first kappa shape index (κ1) is 16.1. The summed E-state index contributed by atoms with van der Waals surface area (Å²) in [6.45, 7) is 9.10. The molecule has 0 aliphatic heterocycles. The van der Waals surface area contributed by atoms with Crippen molar-refractivity contribution in [3.05, 3.63) is 0 Å². The zero-order valence-electron chi connectivity index (χ0n) is 10.9. The van der Waals surface area contributed by atoms with Crippen molar-refractivity contribution in [2.75, 3.05) is 26.0 Å². The maximum atomic E-state index is 12.2. The topological polar surface area (TPSA) is 44.8 Å². The number of ether oxygens (including phenoxy) is 1. The number of rotatable bonds is 10. The van der Waals surface area contributed by atoms with Crippen LogP contribution in [-0.2, 0) is 18.3 Å². The van der Waals surface area contributed by atoms with Gasteiger partial charge in [0.2, 0.25) is 0 Å². The van der Waals surface area contributed by atoms with Crippen LogP contribution in [0.1, 0.15) is 40.5 Å². The lowest BCUT2D eigenvalue weighted by Crippen LogP contribution is -2.19. The van der Waals surface area contributed by atoms with Gasteiger partial charge in [-0.05, 0) is 27.2 Å². The van der Waals surface area contributed by atoms with E-state index in [1.165, 1.54) is 0 Å². The fraction of sp³-hybridized carbons (Fsp3) is 1.00. The monoisotopic (exact) mass is 252 g/mol. The standard InChI is InChI=1S/C11H25O4P/c1-5-9-11(13-6-2)10-16(12,14-7-3)15-8-4/h11H,5-10H2,1-4H3. The maximum absolute atomic E-state index is 12.2. The number of hydrogen-bond acceptors (Lipinski definition) is 4. The Morgan fingerprint density at radius 2 is 1.56 bits per heavy atom. The molecule has 0 rings (SSSR count). The first-order chi connectivity index (χ1) is 7.61. The van der Waals surface area contributed by atoms with Crippen LogP contribution in [0.4, 0.5) is 0 Å². The van der Waals surface area contributed by atoms with Gasteiger partial charge in [0.25, 0.3) is 0 Å². The van der Waals surface area contributed by atoms with Crippen LogP contribution in [0, 0.1) is 0 Å². The molecule has 0 bridgehead atoms. The van der Waals surface area contributed by atoms with Gasteiger partial charge in [0, 0.05) is 6.61 Å². The van der Waals surface area contributed by atoms with Crippen LogP contribution >= 0.6 is 7.60 Å². The summed E-state index contributed by atoms with van der Waals surface area (Å²) < 4.78 is 28.3. The fourth-order valence-corrected chi connectivity index (χ4v) is 3.43. The molecule has 16 heavy (non-hydrogen) atoms. The molecule has 1 unspecified atom stereocenters. The molecule has 4 nitrogen and oxygen atoms in total. The minimum atomic E-state index is -2.96. The molecule has 5 heteroatoms. The molecule has 0 amide bonds. The third-order valence-corrected chi connectivity index (χ3v) is 4.25. The largest absolute Gasteiger partial charge is 0.378 e. The first-order valence-electron chi connectivity index (χ1n) is 6.11. The molecular formula is C11H25O4P. The van der Waals surface area contributed by atoms with Crippen LogP contribution < -0.4 is 0 Å². The Bertz CT molecular complexity index is 192. The average Bonchev–Trinajstić information content (AvgIpc) is 2.18. The maximum Gasteiger partial charge on any atom is 0.333 e. The minimum absolute atomic E-state index is 0.0288. The molecule has 0 aromatic rings. The Hall–Kier alpha value is 0.110. The van der Waals surface area contributed by atoms with E-state index >= 15 is 0 Å². The smallest absolute Gasteiger partial charge is 0.333 e. The molecule has 0 spiro atoms. The van der Waals surface area contributed by atoms with Crippen LogP contribution in [0.5, 0.6) is 0 Å². The van der Waals surface area contributed by atoms with Gasteiger partial charge in [-0.1, -0.05) is 13.3 Å². The highest BCUT2D eigenvalue weighted by Gasteiger charge is 2.28. The summed E-state index contributed by atoms with van der Waals surface area (Å²) >= 11 is 0. The molecule has 0 aliphatic carbocycles. The van der Waals surface area contributed by atoms with E-state index in [2.05, 4.69) is 6.92 Å². The normalized spacial score (nSPS) is 14.0. The lowest BCUT2D eigenvalue weighted by molar-refractivity contribution is 0.0655. The lowest BCUT2D eigenvalue weighted by Gasteiger charge is -2.22. The minimum Gasteiger partial charge on any atom is -0.378 e. The van der Waals surface area contributed by atoms with Crippen molar-refractivity contribution in [1.82, 2.24) is 0 Å². The summed E-state index contributed by atoms with van der Waals surface area (Å²) in [4.78, 5) is 0. The Kier molecular flexibility index (Phi) is 9.24. The predicted octanol–water partition coefficient (Wildman–Crippen LogP) is 3.46.